The number of aryl methyl sites for hydroxylation is 1. The van der Waals surface area contributed by atoms with Gasteiger partial charge in [-0.2, -0.15) is 0 Å². The van der Waals surface area contributed by atoms with E-state index in [-0.39, 0.29) is 29.9 Å². The minimum atomic E-state index is -3.51. The number of carboxylic acids is 1. The smallest absolute Gasteiger partial charge is 0.304 e. The number of benzene rings is 2. The molecule has 5 atom stereocenters. The fourth-order valence-corrected chi connectivity index (χ4v) is 7.53. The average Bonchev–Trinajstić information content (AvgIpc) is 2.78. The predicted octanol–water partition coefficient (Wildman–Crippen LogP) is 5.50. The van der Waals surface area contributed by atoms with Crippen LogP contribution in [0.5, 0.6) is 0 Å². The highest BCUT2D eigenvalue weighted by molar-refractivity contribution is 7.92. The number of hydrogen-bond donors (Lipinski definition) is 1. The number of aliphatic carboxylic acids is 1. The molecule has 6 nitrogen and oxygen atoms in total. The van der Waals surface area contributed by atoms with Crippen molar-refractivity contribution in [1.29, 1.82) is 0 Å². The Kier molecular flexibility index (Phi) is 7.03. The summed E-state index contributed by atoms with van der Waals surface area (Å²) in [5.41, 5.74) is 2.80. The fraction of sp³-hybridized carbons (Fsp3) is 0.500. The van der Waals surface area contributed by atoms with Gasteiger partial charge in [0.15, 0.2) is 9.84 Å². The molecule has 0 aliphatic carbocycles. The third-order valence-electron chi connectivity index (χ3n) is 8.03. The number of amides is 1. The minimum Gasteiger partial charge on any atom is -0.481 e. The maximum atomic E-state index is 14.2. The first-order valence-electron chi connectivity index (χ1n) is 12.4. The van der Waals surface area contributed by atoms with Gasteiger partial charge in [-0.25, -0.2) is 8.42 Å². The first-order chi connectivity index (χ1) is 16.7. The second-order valence-electron chi connectivity index (χ2n) is 11.0. The molecule has 2 aromatic carbocycles. The number of fused-ring (bicyclic) bond motifs is 3. The summed E-state index contributed by atoms with van der Waals surface area (Å²) in [6.07, 6.45) is 0.0335. The summed E-state index contributed by atoms with van der Waals surface area (Å²) in [5.74, 6) is -2.03. The molecule has 1 fully saturated rings. The maximum Gasteiger partial charge on any atom is 0.304 e. The summed E-state index contributed by atoms with van der Waals surface area (Å²) in [6, 6.07) is 12.6. The largest absolute Gasteiger partial charge is 0.481 e. The van der Waals surface area contributed by atoms with E-state index >= 15 is 0 Å². The van der Waals surface area contributed by atoms with E-state index < -0.39 is 38.6 Å². The molecular formula is C28H34ClNO5S. The molecule has 2 aliphatic heterocycles. The number of piperidine rings is 1. The van der Waals surface area contributed by atoms with Crippen molar-refractivity contribution in [2.75, 3.05) is 5.75 Å². The van der Waals surface area contributed by atoms with Crippen LogP contribution in [0.2, 0.25) is 5.02 Å². The molecule has 2 aromatic rings. The van der Waals surface area contributed by atoms with Crippen LogP contribution in [-0.4, -0.2) is 47.3 Å². The second-order valence-corrected chi connectivity index (χ2v) is 14.1. The highest BCUT2D eigenvalue weighted by Gasteiger charge is 2.56. The van der Waals surface area contributed by atoms with Crippen LogP contribution in [0.25, 0.3) is 0 Å². The SMILES string of the molecule is Cc1cccc([C@H]2C[C@](C)(CC(=O)O)C(=O)N3[C@H](CS(=O)(=O)C(C)C)C(C)c4cc(Cl)ccc4[C@H]23)c1. The topological polar surface area (TPSA) is 91.8 Å². The molecule has 0 saturated carbocycles. The van der Waals surface area contributed by atoms with Gasteiger partial charge in [-0.15, -0.1) is 0 Å². The molecule has 0 aromatic heterocycles. The number of rotatable bonds is 6. The predicted molar refractivity (Wildman–Crippen MR) is 141 cm³/mol. The lowest BCUT2D eigenvalue weighted by molar-refractivity contribution is -0.161. The van der Waals surface area contributed by atoms with Crippen molar-refractivity contribution in [2.24, 2.45) is 5.41 Å². The standard InChI is InChI=1S/C28H34ClNO5S/c1-16(2)36(34,35)15-24-18(4)22-12-20(29)9-10-21(22)26-23(19-8-6-7-17(3)11-19)13-28(5,14-25(31)32)27(33)30(24)26/h6-12,16,18,23-24,26H,13-15H2,1-5H3,(H,31,32)/t18?,23-,24-,26-,28-/m1/s1. The number of nitrogens with zero attached hydrogens (tertiary/aromatic N) is 1. The van der Waals surface area contributed by atoms with Crippen molar-refractivity contribution >= 4 is 33.3 Å². The van der Waals surface area contributed by atoms with Crippen molar-refractivity contribution in [2.45, 2.75) is 76.6 Å². The van der Waals surface area contributed by atoms with Crippen molar-refractivity contribution in [3.63, 3.8) is 0 Å². The molecule has 36 heavy (non-hydrogen) atoms. The van der Waals surface area contributed by atoms with Crippen molar-refractivity contribution < 1.29 is 23.1 Å². The van der Waals surface area contributed by atoms with Crippen LogP contribution in [-0.2, 0) is 19.4 Å². The summed E-state index contributed by atoms with van der Waals surface area (Å²) >= 11 is 6.39. The van der Waals surface area contributed by atoms with Crippen LogP contribution in [0, 0.1) is 12.3 Å². The van der Waals surface area contributed by atoms with Crippen LogP contribution in [0.4, 0.5) is 0 Å². The zero-order valence-corrected chi connectivity index (χ0v) is 22.9. The Morgan fingerprint density at radius 1 is 1.19 bits per heavy atom. The van der Waals surface area contributed by atoms with E-state index in [4.69, 9.17) is 11.6 Å². The number of carboxylic acid groups (broad SMARTS) is 1. The van der Waals surface area contributed by atoms with Gasteiger partial charge in [-0.1, -0.05) is 61.3 Å². The lowest BCUT2D eigenvalue weighted by atomic mass is 9.64. The van der Waals surface area contributed by atoms with E-state index in [2.05, 4.69) is 6.07 Å². The third-order valence-corrected chi connectivity index (χ3v) is 10.5. The Labute approximate surface area is 218 Å². The van der Waals surface area contributed by atoms with Gasteiger partial charge in [0, 0.05) is 16.9 Å². The Morgan fingerprint density at radius 2 is 1.89 bits per heavy atom. The van der Waals surface area contributed by atoms with E-state index in [9.17, 15) is 23.1 Å². The molecule has 0 radical (unpaired) electrons. The van der Waals surface area contributed by atoms with Crippen LogP contribution in [0.1, 0.15) is 80.7 Å². The first-order valence-corrected chi connectivity index (χ1v) is 14.5. The average molecular weight is 532 g/mol. The molecule has 2 aliphatic rings. The molecule has 4 rings (SSSR count). The molecule has 2 heterocycles. The van der Waals surface area contributed by atoms with Gasteiger partial charge < -0.3 is 10.0 Å². The molecule has 194 valence electrons. The van der Waals surface area contributed by atoms with E-state index in [0.717, 1.165) is 22.3 Å². The maximum absolute atomic E-state index is 14.2. The van der Waals surface area contributed by atoms with Gasteiger partial charge in [0.05, 0.1) is 34.9 Å². The fourth-order valence-electron chi connectivity index (χ4n) is 6.03. The van der Waals surface area contributed by atoms with Gasteiger partial charge in [0.25, 0.3) is 0 Å². The molecule has 1 saturated heterocycles. The van der Waals surface area contributed by atoms with E-state index in [1.807, 2.05) is 44.2 Å². The van der Waals surface area contributed by atoms with Crippen LogP contribution in [0.15, 0.2) is 42.5 Å². The number of hydrogen-bond acceptors (Lipinski definition) is 4. The molecule has 0 spiro atoms. The Morgan fingerprint density at radius 3 is 2.50 bits per heavy atom. The molecule has 8 heteroatoms. The van der Waals surface area contributed by atoms with Gasteiger partial charge >= 0.3 is 5.97 Å². The van der Waals surface area contributed by atoms with Crippen LogP contribution >= 0.6 is 11.6 Å². The van der Waals surface area contributed by atoms with E-state index in [1.54, 1.807) is 31.7 Å². The lowest BCUT2D eigenvalue weighted by Gasteiger charge is -2.56. The first kappa shape index (κ1) is 26.7. The van der Waals surface area contributed by atoms with Gasteiger partial charge in [-0.3, -0.25) is 9.59 Å². The summed E-state index contributed by atoms with van der Waals surface area (Å²) < 4.78 is 26.4. The third kappa shape index (κ3) is 4.68. The number of carbonyl (C=O) groups is 2. The Bertz CT molecular complexity index is 1310. The van der Waals surface area contributed by atoms with Crippen molar-refractivity contribution in [3.8, 4) is 0 Å². The van der Waals surface area contributed by atoms with Gasteiger partial charge in [0.2, 0.25) is 5.91 Å². The summed E-state index contributed by atoms with van der Waals surface area (Å²) in [6.45, 7) is 8.93. The molecule has 0 bridgehead atoms. The zero-order chi connectivity index (χ0) is 26.6. The monoisotopic (exact) mass is 531 g/mol. The summed E-state index contributed by atoms with van der Waals surface area (Å²) in [5, 5.41) is 9.69. The zero-order valence-electron chi connectivity index (χ0n) is 21.4. The Hall–Kier alpha value is -2.38. The minimum absolute atomic E-state index is 0.191. The quantitative estimate of drug-likeness (QED) is 0.531. The summed E-state index contributed by atoms with van der Waals surface area (Å²) in [4.78, 5) is 27.8. The number of halogens is 1. The molecular weight excluding hydrogens is 498 g/mol. The van der Waals surface area contributed by atoms with Gasteiger partial charge in [-0.05, 0) is 56.0 Å². The molecule has 1 N–H and O–H groups in total. The summed E-state index contributed by atoms with van der Waals surface area (Å²) in [7, 11) is -3.51. The van der Waals surface area contributed by atoms with Crippen LogP contribution in [0.3, 0.4) is 0 Å². The highest BCUT2D eigenvalue weighted by Crippen LogP contribution is 2.56. The van der Waals surface area contributed by atoms with Crippen molar-refractivity contribution in [1.82, 2.24) is 4.90 Å². The lowest BCUT2D eigenvalue weighted by Crippen LogP contribution is -2.60. The number of sulfone groups is 1. The Balaban J connectivity index is 1.98. The molecule has 1 unspecified atom stereocenters. The normalized spacial score (nSPS) is 28.1. The number of carbonyl (C=O) groups excluding carboxylic acids is 1. The van der Waals surface area contributed by atoms with Crippen molar-refractivity contribution in [3.05, 3.63) is 69.7 Å². The van der Waals surface area contributed by atoms with Crippen LogP contribution < -0.4 is 0 Å². The van der Waals surface area contributed by atoms with E-state index in [1.165, 1.54) is 0 Å². The van der Waals surface area contributed by atoms with Gasteiger partial charge in [0.1, 0.15) is 0 Å². The highest BCUT2D eigenvalue weighted by atomic mass is 35.5. The van der Waals surface area contributed by atoms with E-state index in [0.29, 0.717) is 11.4 Å². The molecule has 1 amide bonds. The second kappa shape index (κ2) is 9.49.